The van der Waals surface area contributed by atoms with Crippen molar-refractivity contribution in [1.29, 1.82) is 0 Å². The minimum absolute atomic E-state index is 0.0200. The molecule has 18 heavy (non-hydrogen) atoms. The first-order chi connectivity index (χ1) is 8.70. The fraction of sp³-hybridized carbons (Fsp3) is 0.538. The summed E-state index contributed by atoms with van der Waals surface area (Å²) in [7, 11) is 1.33. The Morgan fingerprint density at radius 3 is 2.94 bits per heavy atom. The Balaban J connectivity index is 2.06. The maximum absolute atomic E-state index is 11.4. The van der Waals surface area contributed by atoms with Gasteiger partial charge in [-0.2, -0.15) is 0 Å². The number of rotatable bonds is 3. The quantitative estimate of drug-likeness (QED) is 0.823. The molecule has 1 aliphatic carbocycles. The van der Waals surface area contributed by atoms with Crippen molar-refractivity contribution in [2.24, 2.45) is 5.73 Å². The van der Waals surface area contributed by atoms with E-state index in [0.29, 0.717) is 5.75 Å². The number of pyridine rings is 1. The lowest BCUT2D eigenvalue weighted by molar-refractivity contribution is 0.0592. The van der Waals surface area contributed by atoms with E-state index in [1.807, 2.05) is 0 Å². The van der Waals surface area contributed by atoms with Gasteiger partial charge in [0.1, 0.15) is 11.9 Å². The molecule has 1 fully saturated rings. The van der Waals surface area contributed by atoms with E-state index in [2.05, 4.69) is 9.72 Å². The Morgan fingerprint density at radius 2 is 2.22 bits per heavy atom. The molecule has 5 nitrogen and oxygen atoms in total. The lowest BCUT2D eigenvalue weighted by atomic mass is 9.93. The van der Waals surface area contributed by atoms with Gasteiger partial charge >= 0.3 is 5.97 Å². The van der Waals surface area contributed by atoms with E-state index in [1.54, 1.807) is 12.1 Å². The molecule has 1 heterocycles. The summed E-state index contributed by atoms with van der Waals surface area (Å²) in [5, 5.41) is 0. The molecular weight excluding hydrogens is 232 g/mol. The van der Waals surface area contributed by atoms with Crippen molar-refractivity contribution in [3.05, 3.63) is 24.0 Å². The van der Waals surface area contributed by atoms with E-state index >= 15 is 0 Å². The van der Waals surface area contributed by atoms with E-state index in [0.717, 1.165) is 25.7 Å². The van der Waals surface area contributed by atoms with Crippen LogP contribution in [-0.2, 0) is 4.74 Å². The van der Waals surface area contributed by atoms with Gasteiger partial charge in [-0.3, -0.25) is 0 Å². The van der Waals surface area contributed by atoms with Gasteiger partial charge in [0.05, 0.1) is 7.11 Å². The van der Waals surface area contributed by atoms with Gasteiger partial charge in [0, 0.05) is 18.3 Å². The van der Waals surface area contributed by atoms with Crippen molar-refractivity contribution >= 4 is 5.97 Å². The molecule has 0 saturated heterocycles. The first kappa shape index (κ1) is 12.8. The van der Waals surface area contributed by atoms with Crippen LogP contribution in [0.3, 0.4) is 0 Å². The molecule has 2 N–H and O–H groups in total. The van der Waals surface area contributed by atoms with E-state index in [4.69, 9.17) is 10.5 Å². The molecule has 2 rings (SSSR count). The molecule has 0 bridgehead atoms. The molecule has 1 aliphatic rings. The first-order valence-electron chi connectivity index (χ1n) is 6.17. The van der Waals surface area contributed by atoms with Gasteiger partial charge < -0.3 is 15.2 Å². The van der Waals surface area contributed by atoms with Crippen molar-refractivity contribution in [1.82, 2.24) is 4.98 Å². The summed E-state index contributed by atoms with van der Waals surface area (Å²) in [6.45, 7) is 0. The molecule has 0 spiro atoms. The van der Waals surface area contributed by atoms with Crippen LogP contribution in [0.1, 0.15) is 36.2 Å². The molecule has 0 radical (unpaired) electrons. The van der Waals surface area contributed by atoms with Crippen LogP contribution in [0.4, 0.5) is 0 Å². The highest BCUT2D eigenvalue weighted by molar-refractivity contribution is 5.87. The highest BCUT2D eigenvalue weighted by atomic mass is 16.5. The molecule has 1 aromatic heterocycles. The summed E-state index contributed by atoms with van der Waals surface area (Å²) in [4.78, 5) is 15.3. The molecule has 1 saturated carbocycles. The second-order valence-corrected chi connectivity index (χ2v) is 4.47. The molecule has 98 valence electrons. The molecule has 0 amide bonds. The van der Waals surface area contributed by atoms with E-state index in [9.17, 15) is 4.79 Å². The zero-order valence-corrected chi connectivity index (χ0v) is 10.5. The topological polar surface area (TPSA) is 74.4 Å². The number of methoxy groups -OCH3 is 1. The van der Waals surface area contributed by atoms with Crippen molar-refractivity contribution in [3.63, 3.8) is 0 Å². The number of nitrogens with zero attached hydrogens (tertiary/aromatic N) is 1. The van der Waals surface area contributed by atoms with Crippen LogP contribution < -0.4 is 10.5 Å². The summed E-state index contributed by atoms with van der Waals surface area (Å²) in [5.74, 6) is 0.154. The number of aromatic nitrogens is 1. The monoisotopic (exact) mass is 250 g/mol. The second-order valence-electron chi connectivity index (χ2n) is 4.47. The zero-order chi connectivity index (χ0) is 13.0. The van der Waals surface area contributed by atoms with Gasteiger partial charge in [-0.15, -0.1) is 0 Å². The van der Waals surface area contributed by atoms with Crippen molar-refractivity contribution in [3.8, 4) is 5.75 Å². The number of hydrogen-bond donors (Lipinski definition) is 1. The standard InChI is InChI=1S/C13H18N2O3/c1-17-13(16)11-8-9(6-7-15-11)18-12-5-3-2-4-10(12)14/h6-8,10,12H,2-5,14H2,1H3. The number of hydrogen-bond acceptors (Lipinski definition) is 5. The summed E-state index contributed by atoms with van der Waals surface area (Å²) in [6.07, 6.45) is 5.79. The van der Waals surface area contributed by atoms with E-state index < -0.39 is 5.97 Å². The summed E-state index contributed by atoms with van der Waals surface area (Å²) < 4.78 is 10.5. The summed E-state index contributed by atoms with van der Waals surface area (Å²) in [6, 6.07) is 3.38. The van der Waals surface area contributed by atoms with Crippen LogP contribution in [0.25, 0.3) is 0 Å². The third-order valence-electron chi connectivity index (χ3n) is 3.17. The third kappa shape index (κ3) is 2.98. The second kappa shape index (κ2) is 5.82. The third-order valence-corrected chi connectivity index (χ3v) is 3.17. The fourth-order valence-electron chi connectivity index (χ4n) is 2.15. The maximum atomic E-state index is 11.4. The Kier molecular flexibility index (Phi) is 4.15. The normalized spacial score (nSPS) is 23.4. The van der Waals surface area contributed by atoms with Crippen molar-refractivity contribution < 1.29 is 14.3 Å². The minimum atomic E-state index is -0.464. The molecule has 2 atom stereocenters. The van der Waals surface area contributed by atoms with Gasteiger partial charge in [0.25, 0.3) is 0 Å². The highest BCUT2D eigenvalue weighted by Crippen LogP contribution is 2.23. The SMILES string of the molecule is COC(=O)c1cc(OC2CCCCC2N)ccn1. The van der Waals surface area contributed by atoms with Gasteiger partial charge in [0.2, 0.25) is 0 Å². The van der Waals surface area contributed by atoms with Crippen molar-refractivity contribution in [2.75, 3.05) is 7.11 Å². The molecule has 0 aliphatic heterocycles. The zero-order valence-electron chi connectivity index (χ0n) is 10.5. The molecule has 1 aromatic rings. The van der Waals surface area contributed by atoms with E-state index in [-0.39, 0.29) is 17.8 Å². The lowest BCUT2D eigenvalue weighted by Crippen LogP contribution is -2.41. The van der Waals surface area contributed by atoms with Gasteiger partial charge in [0.15, 0.2) is 5.69 Å². The first-order valence-corrected chi connectivity index (χ1v) is 6.17. The Bertz CT molecular complexity index is 422. The number of ether oxygens (including phenoxy) is 2. The largest absolute Gasteiger partial charge is 0.489 e. The molecule has 2 unspecified atom stereocenters. The number of carbonyl (C=O) groups excluding carboxylic acids is 1. The van der Waals surface area contributed by atoms with Gasteiger partial charge in [-0.1, -0.05) is 6.42 Å². The van der Waals surface area contributed by atoms with Gasteiger partial charge in [-0.25, -0.2) is 9.78 Å². The Labute approximate surface area is 106 Å². The van der Waals surface area contributed by atoms with E-state index in [1.165, 1.54) is 13.3 Å². The predicted molar refractivity (Wildman–Crippen MR) is 66.4 cm³/mol. The van der Waals surface area contributed by atoms with Crippen LogP contribution in [0.2, 0.25) is 0 Å². The number of esters is 1. The summed E-state index contributed by atoms with van der Waals surface area (Å²) >= 11 is 0. The average Bonchev–Trinajstić information content (AvgIpc) is 2.41. The Morgan fingerprint density at radius 1 is 1.44 bits per heavy atom. The maximum Gasteiger partial charge on any atom is 0.356 e. The fourth-order valence-corrected chi connectivity index (χ4v) is 2.15. The predicted octanol–water partition coefficient (Wildman–Crippen LogP) is 1.52. The van der Waals surface area contributed by atoms with Crippen LogP contribution in [0, 0.1) is 0 Å². The minimum Gasteiger partial charge on any atom is -0.489 e. The molecular formula is C13H18N2O3. The average molecular weight is 250 g/mol. The van der Waals surface area contributed by atoms with Gasteiger partial charge in [-0.05, 0) is 25.3 Å². The highest BCUT2D eigenvalue weighted by Gasteiger charge is 2.23. The van der Waals surface area contributed by atoms with Crippen LogP contribution in [0.5, 0.6) is 5.75 Å². The van der Waals surface area contributed by atoms with Crippen LogP contribution in [-0.4, -0.2) is 30.2 Å². The van der Waals surface area contributed by atoms with Crippen LogP contribution >= 0.6 is 0 Å². The Hall–Kier alpha value is -1.62. The number of nitrogens with two attached hydrogens (primary N) is 1. The molecule has 0 aromatic carbocycles. The smallest absolute Gasteiger partial charge is 0.356 e. The number of carbonyl (C=O) groups is 1. The van der Waals surface area contributed by atoms with Crippen LogP contribution in [0.15, 0.2) is 18.3 Å². The summed E-state index contributed by atoms with van der Waals surface area (Å²) in [5.41, 5.74) is 6.27. The molecule has 5 heteroatoms. The lowest BCUT2D eigenvalue weighted by Gasteiger charge is -2.29. The van der Waals surface area contributed by atoms with Crippen molar-refractivity contribution in [2.45, 2.75) is 37.8 Å².